The van der Waals surface area contributed by atoms with Gasteiger partial charge < -0.3 is 0 Å². The number of imidazole rings is 1. The van der Waals surface area contributed by atoms with Crippen molar-refractivity contribution >= 4 is 0 Å². The number of aromatic amines is 1. The van der Waals surface area contributed by atoms with Crippen molar-refractivity contribution < 1.29 is 0 Å². The molecule has 0 radical (unpaired) electrons. The summed E-state index contributed by atoms with van der Waals surface area (Å²) < 4.78 is 3.66. The van der Waals surface area contributed by atoms with Crippen LogP contribution >= 0.6 is 0 Å². The number of nitrogens with zero attached hydrogens (tertiary/aromatic N) is 6. The SMILES string of the molecule is CCCCCc1c(C)n(C)c(=O)n1Cc1ccc(-c2cccnc2-c2nn[nH]n2)cc1. The number of tetrazole rings is 1. The topological polar surface area (TPSA) is 94.3 Å². The summed E-state index contributed by atoms with van der Waals surface area (Å²) in [6.07, 6.45) is 6.08. The van der Waals surface area contributed by atoms with Gasteiger partial charge in [0.05, 0.1) is 6.54 Å². The Labute approximate surface area is 181 Å². The van der Waals surface area contributed by atoms with Crippen molar-refractivity contribution in [2.45, 2.75) is 46.1 Å². The van der Waals surface area contributed by atoms with E-state index in [2.05, 4.69) is 44.7 Å². The lowest BCUT2D eigenvalue weighted by atomic mass is 10.0. The second-order valence-corrected chi connectivity index (χ2v) is 7.75. The van der Waals surface area contributed by atoms with E-state index in [-0.39, 0.29) is 5.69 Å². The maximum absolute atomic E-state index is 12.8. The predicted molar refractivity (Wildman–Crippen MR) is 120 cm³/mol. The molecule has 4 aromatic rings. The van der Waals surface area contributed by atoms with Gasteiger partial charge in [-0.25, -0.2) is 4.79 Å². The molecule has 0 bridgehead atoms. The first-order valence-electron chi connectivity index (χ1n) is 10.6. The summed E-state index contributed by atoms with van der Waals surface area (Å²) in [5, 5.41) is 14.2. The standard InChI is InChI=1S/C23H27N7O/c1-4-5-6-9-20-16(2)29(3)23(31)30(20)15-17-10-12-18(13-11-17)19-8-7-14-24-21(19)22-25-27-28-26-22/h7-8,10-14H,4-6,9,15H2,1-3H3,(H,25,26,27,28). The summed E-state index contributed by atoms with van der Waals surface area (Å²) >= 11 is 0. The second-order valence-electron chi connectivity index (χ2n) is 7.75. The first-order valence-corrected chi connectivity index (χ1v) is 10.6. The van der Waals surface area contributed by atoms with E-state index in [1.165, 1.54) is 6.42 Å². The Kier molecular flexibility index (Phi) is 6.06. The third-order valence-electron chi connectivity index (χ3n) is 5.75. The van der Waals surface area contributed by atoms with E-state index >= 15 is 0 Å². The minimum absolute atomic E-state index is 0.0414. The summed E-state index contributed by atoms with van der Waals surface area (Å²) in [4.78, 5) is 17.2. The number of unbranched alkanes of at least 4 members (excludes halogenated alkanes) is 2. The fourth-order valence-corrected chi connectivity index (χ4v) is 3.90. The molecule has 0 spiro atoms. The summed E-state index contributed by atoms with van der Waals surface area (Å²) in [5.74, 6) is 0.461. The highest BCUT2D eigenvalue weighted by molar-refractivity contribution is 5.77. The van der Waals surface area contributed by atoms with Crippen molar-refractivity contribution in [3.05, 3.63) is 70.0 Å². The van der Waals surface area contributed by atoms with E-state index in [9.17, 15) is 4.79 Å². The Balaban J connectivity index is 1.61. The van der Waals surface area contributed by atoms with Crippen molar-refractivity contribution in [3.8, 4) is 22.6 Å². The molecule has 3 heterocycles. The Bertz CT molecular complexity index is 1200. The average molecular weight is 418 g/mol. The molecule has 8 heteroatoms. The monoisotopic (exact) mass is 417 g/mol. The Morgan fingerprint density at radius 1 is 1.10 bits per heavy atom. The Morgan fingerprint density at radius 2 is 1.90 bits per heavy atom. The third kappa shape index (κ3) is 4.19. The summed E-state index contributed by atoms with van der Waals surface area (Å²) in [6, 6.07) is 12.1. The van der Waals surface area contributed by atoms with Gasteiger partial charge in [0.2, 0.25) is 5.82 Å². The molecule has 31 heavy (non-hydrogen) atoms. The number of pyridine rings is 1. The third-order valence-corrected chi connectivity index (χ3v) is 5.75. The van der Waals surface area contributed by atoms with Gasteiger partial charge >= 0.3 is 5.69 Å². The van der Waals surface area contributed by atoms with E-state index in [1.54, 1.807) is 10.8 Å². The largest absolute Gasteiger partial charge is 0.328 e. The van der Waals surface area contributed by atoms with Gasteiger partial charge in [-0.15, -0.1) is 10.2 Å². The zero-order valence-corrected chi connectivity index (χ0v) is 18.2. The molecule has 1 aromatic carbocycles. The molecule has 0 amide bonds. The lowest BCUT2D eigenvalue weighted by molar-refractivity contribution is 0.649. The van der Waals surface area contributed by atoms with Crippen molar-refractivity contribution in [1.29, 1.82) is 0 Å². The Morgan fingerprint density at radius 3 is 2.61 bits per heavy atom. The van der Waals surface area contributed by atoms with Crippen LogP contribution in [0.3, 0.4) is 0 Å². The van der Waals surface area contributed by atoms with Crippen molar-refractivity contribution in [2.24, 2.45) is 7.05 Å². The van der Waals surface area contributed by atoms with Crippen LogP contribution in [0.1, 0.15) is 43.1 Å². The normalized spacial score (nSPS) is 11.2. The number of benzene rings is 1. The molecule has 0 saturated heterocycles. The summed E-state index contributed by atoms with van der Waals surface area (Å²) in [5.41, 5.74) is 5.93. The van der Waals surface area contributed by atoms with Gasteiger partial charge in [0.25, 0.3) is 0 Å². The van der Waals surface area contributed by atoms with Gasteiger partial charge in [-0.1, -0.05) is 50.1 Å². The first-order chi connectivity index (χ1) is 15.1. The zero-order chi connectivity index (χ0) is 21.8. The molecule has 8 nitrogen and oxygen atoms in total. The first kappa shape index (κ1) is 20.7. The van der Waals surface area contributed by atoms with E-state index in [0.717, 1.165) is 47.3 Å². The van der Waals surface area contributed by atoms with Crippen LogP contribution < -0.4 is 5.69 Å². The highest BCUT2D eigenvalue weighted by Crippen LogP contribution is 2.28. The van der Waals surface area contributed by atoms with Crippen LogP contribution in [0.2, 0.25) is 0 Å². The number of aromatic nitrogens is 7. The van der Waals surface area contributed by atoms with E-state index < -0.39 is 0 Å². The molecular formula is C23H27N7O. The van der Waals surface area contributed by atoms with Crippen molar-refractivity contribution in [3.63, 3.8) is 0 Å². The minimum atomic E-state index is 0.0414. The van der Waals surface area contributed by atoms with Gasteiger partial charge in [-0.2, -0.15) is 5.21 Å². The molecule has 4 rings (SSSR count). The van der Waals surface area contributed by atoms with E-state index in [0.29, 0.717) is 18.1 Å². The lowest BCUT2D eigenvalue weighted by Crippen LogP contribution is -2.24. The van der Waals surface area contributed by atoms with Crippen LogP contribution in [0.4, 0.5) is 0 Å². The van der Waals surface area contributed by atoms with Gasteiger partial charge in [-0.3, -0.25) is 14.1 Å². The smallest absolute Gasteiger partial charge is 0.299 e. The van der Waals surface area contributed by atoms with Gasteiger partial charge in [0.15, 0.2) is 0 Å². The Hall–Kier alpha value is -3.55. The number of rotatable bonds is 8. The zero-order valence-electron chi connectivity index (χ0n) is 18.2. The van der Waals surface area contributed by atoms with Gasteiger partial charge in [-0.05, 0) is 42.2 Å². The fraction of sp³-hybridized carbons (Fsp3) is 0.348. The maximum atomic E-state index is 12.8. The number of hydrogen-bond donors (Lipinski definition) is 1. The van der Waals surface area contributed by atoms with Crippen LogP contribution in [0, 0.1) is 6.92 Å². The van der Waals surface area contributed by atoms with E-state index in [1.807, 2.05) is 42.8 Å². The van der Waals surface area contributed by atoms with Gasteiger partial charge in [0.1, 0.15) is 5.69 Å². The van der Waals surface area contributed by atoms with Crippen molar-refractivity contribution in [1.82, 2.24) is 34.7 Å². The van der Waals surface area contributed by atoms with Crippen LogP contribution in [0.25, 0.3) is 22.6 Å². The molecule has 0 aliphatic heterocycles. The molecule has 0 atom stereocenters. The van der Waals surface area contributed by atoms with Crippen LogP contribution in [0.15, 0.2) is 47.4 Å². The van der Waals surface area contributed by atoms with Crippen LogP contribution in [-0.2, 0) is 20.0 Å². The highest BCUT2D eigenvalue weighted by atomic mass is 16.1. The number of nitrogens with one attached hydrogen (secondary N) is 1. The quantitative estimate of drug-likeness (QED) is 0.443. The van der Waals surface area contributed by atoms with Crippen molar-refractivity contribution in [2.75, 3.05) is 0 Å². The molecule has 1 N–H and O–H groups in total. The summed E-state index contributed by atoms with van der Waals surface area (Å²) in [6.45, 7) is 4.79. The highest BCUT2D eigenvalue weighted by Gasteiger charge is 2.15. The second kappa shape index (κ2) is 9.07. The predicted octanol–water partition coefficient (Wildman–Crippen LogP) is 3.52. The van der Waals surface area contributed by atoms with Crippen LogP contribution in [0.5, 0.6) is 0 Å². The van der Waals surface area contributed by atoms with E-state index in [4.69, 9.17) is 0 Å². The molecule has 0 saturated carbocycles. The molecule has 0 aliphatic carbocycles. The lowest BCUT2D eigenvalue weighted by Gasteiger charge is -2.10. The number of hydrogen-bond acceptors (Lipinski definition) is 5. The fourth-order valence-electron chi connectivity index (χ4n) is 3.90. The molecule has 3 aromatic heterocycles. The molecule has 0 unspecified atom stereocenters. The van der Waals surface area contributed by atoms with Gasteiger partial charge in [0, 0.05) is 30.2 Å². The van der Waals surface area contributed by atoms with Crippen LogP contribution in [-0.4, -0.2) is 34.7 Å². The molecular weight excluding hydrogens is 390 g/mol. The summed E-state index contributed by atoms with van der Waals surface area (Å²) in [7, 11) is 1.85. The number of H-pyrrole nitrogens is 1. The molecule has 160 valence electrons. The molecule has 0 fully saturated rings. The minimum Gasteiger partial charge on any atom is -0.299 e. The maximum Gasteiger partial charge on any atom is 0.328 e. The average Bonchev–Trinajstić information content (AvgIpc) is 3.40. The molecule has 0 aliphatic rings.